The van der Waals surface area contributed by atoms with Crippen molar-refractivity contribution in [3.63, 3.8) is 0 Å². The predicted molar refractivity (Wildman–Crippen MR) is 76.7 cm³/mol. The average molecular weight is 290 g/mol. The largest absolute Gasteiger partial charge is 0.398 e. The summed E-state index contributed by atoms with van der Waals surface area (Å²) in [6.07, 6.45) is 0. The Hall–Kier alpha value is -2.34. The first-order chi connectivity index (χ1) is 9.40. The molecule has 0 unspecified atom stereocenters. The third kappa shape index (κ3) is 2.97. The minimum atomic E-state index is -3.52. The summed E-state index contributed by atoms with van der Waals surface area (Å²) in [6.45, 7) is 0. The lowest BCUT2D eigenvalue weighted by Crippen LogP contribution is -2.11. The third-order valence-electron chi connectivity index (χ3n) is 2.85. The number of sulfone groups is 1. The zero-order chi connectivity index (χ0) is 14.8. The molecule has 0 aliphatic rings. The molecule has 0 heterocycles. The molecule has 0 aliphatic heterocycles. The fourth-order valence-corrected chi connectivity index (χ4v) is 3.33. The van der Waals surface area contributed by atoms with Gasteiger partial charge in [-0.05, 0) is 29.8 Å². The second kappa shape index (κ2) is 5.34. The van der Waals surface area contributed by atoms with Crippen molar-refractivity contribution in [3.8, 4) is 0 Å². The number of nitrogens with two attached hydrogens (primary N) is 2. The van der Waals surface area contributed by atoms with E-state index in [-0.39, 0.29) is 16.3 Å². The molecule has 0 saturated carbocycles. The summed E-state index contributed by atoms with van der Waals surface area (Å²) in [7, 11) is -3.52. The van der Waals surface area contributed by atoms with Crippen LogP contribution in [0.3, 0.4) is 0 Å². The molecule has 0 spiro atoms. The van der Waals surface area contributed by atoms with Crippen molar-refractivity contribution in [2.24, 2.45) is 5.73 Å². The second-order valence-corrected chi connectivity index (χ2v) is 6.32. The van der Waals surface area contributed by atoms with E-state index in [0.717, 1.165) is 0 Å². The Morgan fingerprint density at radius 1 is 1.00 bits per heavy atom. The van der Waals surface area contributed by atoms with Gasteiger partial charge in [-0.3, -0.25) is 4.79 Å². The Labute approximate surface area is 117 Å². The van der Waals surface area contributed by atoms with Gasteiger partial charge in [0.15, 0.2) is 9.84 Å². The zero-order valence-electron chi connectivity index (χ0n) is 10.6. The molecule has 2 aromatic rings. The normalized spacial score (nSPS) is 11.2. The highest BCUT2D eigenvalue weighted by atomic mass is 32.2. The maximum absolute atomic E-state index is 12.3. The number of benzene rings is 2. The van der Waals surface area contributed by atoms with Crippen LogP contribution in [-0.4, -0.2) is 14.3 Å². The molecule has 5 nitrogen and oxygen atoms in total. The van der Waals surface area contributed by atoms with Crippen molar-refractivity contribution in [1.82, 2.24) is 0 Å². The van der Waals surface area contributed by atoms with Gasteiger partial charge in [0, 0.05) is 5.56 Å². The van der Waals surface area contributed by atoms with Crippen LogP contribution in [0.5, 0.6) is 0 Å². The molecule has 0 saturated heterocycles. The van der Waals surface area contributed by atoms with E-state index in [0.29, 0.717) is 11.1 Å². The fourth-order valence-electron chi connectivity index (χ4n) is 1.83. The number of rotatable bonds is 4. The SMILES string of the molecule is NC(=O)c1ccc(CS(=O)(=O)c2ccccc2N)cc1. The Morgan fingerprint density at radius 2 is 1.60 bits per heavy atom. The third-order valence-corrected chi connectivity index (χ3v) is 4.60. The molecule has 20 heavy (non-hydrogen) atoms. The van der Waals surface area contributed by atoms with Crippen molar-refractivity contribution in [2.75, 3.05) is 5.73 Å². The number of anilines is 1. The minimum absolute atomic E-state index is 0.110. The van der Waals surface area contributed by atoms with Gasteiger partial charge in [-0.15, -0.1) is 0 Å². The average Bonchev–Trinajstić information content (AvgIpc) is 2.39. The molecule has 6 heteroatoms. The first kappa shape index (κ1) is 14.1. The van der Waals surface area contributed by atoms with Gasteiger partial charge in [0.2, 0.25) is 5.91 Å². The minimum Gasteiger partial charge on any atom is -0.398 e. The van der Waals surface area contributed by atoms with Crippen LogP contribution >= 0.6 is 0 Å². The van der Waals surface area contributed by atoms with E-state index in [2.05, 4.69) is 0 Å². The van der Waals surface area contributed by atoms with Crippen molar-refractivity contribution in [2.45, 2.75) is 10.6 Å². The molecule has 104 valence electrons. The van der Waals surface area contributed by atoms with Crippen LogP contribution in [0, 0.1) is 0 Å². The molecule has 0 fully saturated rings. The van der Waals surface area contributed by atoms with Crippen LogP contribution in [0.25, 0.3) is 0 Å². The standard InChI is InChI=1S/C14H14N2O3S/c15-12-3-1-2-4-13(12)20(18,19)9-10-5-7-11(8-6-10)14(16)17/h1-8H,9,15H2,(H2,16,17). The fraction of sp³-hybridized carbons (Fsp3) is 0.0714. The number of para-hydroxylation sites is 1. The van der Waals surface area contributed by atoms with Crippen LogP contribution in [0.15, 0.2) is 53.4 Å². The molecular weight excluding hydrogens is 276 g/mol. The highest BCUT2D eigenvalue weighted by Crippen LogP contribution is 2.22. The van der Waals surface area contributed by atoms with E-state index < -0.39 is 15.7 Å². The summed E-state index contributed by atoms with van der Waals surface area (Å²) in [5.41, 5.74) is 11.9. The summed E-state index contributed by atoms with van der Waals surface area (Å²) in [4.78, 5) is 11.1. The van der Waals surface area contributed by atoms with Crippen LogP contribution in [-0.2, 0) is 15.6 Å². The summed E-state index contributed by atoms with van der Waals surface area (Å²) in [5.74, 6) is -0.730. The van der Waals surface area contributed by atoms with Crippen molar-refractivity contribution >= 4 is 21.4 Å². The summed E-state index contributed by atoms with van der Waals surface area (Å²) in [6, 6.07) is 12.5. The molecule has 2 rings (SSSR count). The van der Waals surface area contributed by atoms with Crippen LogP contribution in [0.2, 0.25) is 0 Å². The number of carbonyl (C=O) groups is 1. The molecule has 1 amide bonds. The molecule has 2 aromatic carbocycles. The predicted octanol–water partition coefficient (Wildman–Crippen LogP) is 1.34. The Balaban J connectivity index is 2.29. The highest BCUT2D eigenvalue weighted by molar-refractivity contribution is 7.90. The number of nitrogen functional groups attached to an aromatic ring is 1. The number of hydrogen-bond donors (Lipinski definition) is 2. The van der Waals surface area contributed by atoms with Gasteiger partial charge < -0.3 is 11.5 Å². The lowest BCUT2D eigenvalue weighted by Gasteiger charge is -2.07. The van der Waals surface area contributed by atoms with Gasteiger partial charge in [-0.2, -0.15) is 0 Å². The van der Waals surface area contributed by atoms with Crippen LogP contribution in [0.4, 0.5) is 5.69 Å². The van der Waals surface area contributed by atoms with E-state index in [1.54, 1.807) is 30.3 Å². The van der Waals surface area contributed by atoms with E-state index in [4.69, 9.17) is 11.5 Å². The molecule has 0 aliphatic carbocycles. The molecule has 0 aromatic heterocycles. The number of hydrogen-bond acceptors (Lipinski definition) is 4. The second-order valence-electron chi connectivity index (χ2n) is 4.36. The lowest BCUT2D eigenvalue weighted by atomic mass is 10.1. The maximum Gasteiger partial charge on any atom is 0.248 e. The van der Waals surface area contributed by atoms with E-state index in [9.17, 15) is 13.2 Å². The molecule has 4 N–H and O–H groups in total. The topological polar surface area (TPSA) is 103 Å². The van der Waals surface area contributed by atoms with E-state index >= 15 is 0 Å². The Kier molecular flexibility index (Phi) is 3.76. The van der Waals surface area contributed by atoms with Crippen LogP contribution in [0.1, 0.15) is 15.9 Å². The van der Waals surface area contributed by atoms with E-state index in [1.165, 1.54) is 18.2 Å². The summed E-state index contributed by atoms with van der Waals surface area (Å²) >= 11 is 0. The van der Waals surface area contributed by atoms with Gasteiger partial charge >= 0.3 is 0 Å². The van der Waals surface area contributed by atoms with Crippen molar-refractivity contribution < 1.29 is 13.2 Å². The monoisotopic (exact) mass is 290 g/mol. The number of carbonyl (C=O) groups excluding carboxylic acids is 1. The molecule has 0 bridgehead atoms. The summed E-state index contributed by atoms with van der Waals surface area (Å²) in [5, 5.41) is 0. The Bertz CT molecular complexity index is 737. The number of amides is 1. The van der Waals surface area contributed by atoms with Gasteiger partial charge in [0.25, 0.3) is 0 Å². The number of primary amides is 1. The Morgan fingerprint density at radius 3 is 2.15 bits per heavy atom. The van der Waals surface area contributed by atoms with E-state index in [1.807, 2.05) is 0 Å². The van der Waals surface area contributed by atoms with Gasteiger partial charge in [-0.1, -0.05) is 24.3 Å². The first-order valence-corrected chi connectivity index (χ1v) is 7.51. The molecule has 0 atom stereocenters. The molecule has 0 radical (unpaired) electrons. The zero-order valence-corrected chi connectivity index (χ0v) is 11.4. The summed E-state index contributed by atoms with van der Waals surface area (Å²) < 4.78 is 24.5. The smallest absolute Gasteiger partial charge is 0.248 e. The first-order valence-electron chi connectivity index (χ1n) is 5.86. The van der Waals surface area contributed by atoms with Crippen molar-refractivity contribution in [3.05, 3.63) is 59.7 Å². The van der Waals surface area contributed by atoms with Gasteiger partial charge in [-0.25, -0.2) is 8.42 Å². The van der Waals surface area contributed by atoms with Gasteiger partial charge in [0.1, 0.15) is 0 Å². The van der Waals surface area contributed by atoms with Crippen molar-refractivity contribution in [1.29, 1.82) is 0 Å². The van der Waals surface area contributed by atoms with Gasteiger partial charge in [0.05, 0.1) is 16.3 Å². The highest BCUT2D eigenvalue weighted by Gasteiger charge is 2.18. The molecular formula is C14H14N2O3S. The lowest BCUT2D eigenvalue weighted by molar-refractivity contribution is 0.100. The van der Waals surface area contributed by atoms with Crippen LogP contribution < -0.4 is 11.5 Å². The quantitative estimate of drug-likeness (QED) is 0.829. The maximum atomic E-state index is 12.3.